The number of urea groups is 1. The van der Waals surface area contributed by atoms with Crippen molar-refractivity contribution in [2.75, 3.05) is 6.54 Å². The first-order chi connectivity index (χ1) is 9.90. The van der Waals surface area contributed by atoms with Crippen molar-refractivity contribution in [1.29, 1.82) is 0 Å². The summed E-state index contributed by atoms with van der Waals surface area (Å²) in [6.07, 6.45) is 0.583. The van der Waals surface area contributed by atoms with Crippen molar-refractivity contribution in [2.24, 2.45) is 11.8 Å². The molecule has 0 spiro atoms. The van der Waals surface area contributed by atoms with Crippen molar-refractivity contribution in [3.63, 3.8) is 0 Å². The second-order valence-corrected chi connectivity index (χ2v) is 5.75. The monoisotopic (exact) mass is 288 g/mol. The van der Waals surface area contributed by atoms with Gasteiger partial charge in [0, 0.05) is 6.54 Å². The molecule has 1 heterocycles. The summed E-state index contributed by atoms with van der Waals surface area (Å²) in [5.74, 6) is -1.80. The number of barbiturate groups is 1. The van der Waals surface area contributed by atoms with E-state index in [1.165, 1.54) is 0 Å². The van der Waals surface area contributed by atoms with Crippen molar-refractivity contribution < 1.29 is 14.4 Å². The van der Waals surface area contributed by atoms with Crippen LogP contribution in [0.15, 0.2) is 24.3 Å². The van der Waals surface area contributed by atoms with E-state index in [-0.39, 0.29) is 12.5 Å². The van der Waals surface area contributed by atoms with Crippen LogP contribution < -0.4 is 5.32 Å². The summed E-state index contributed by atoms with van der Waals surface area (Å²) in [7, 11) is 0. The molecule has 1 aromatic carbocycles. The largest absolute Gasteiger partial charge is 0.330 e. The van der Waals surface area contributed by atoms with Gasteiger partial charge in [-0.05, 0) is 24.8 Å². The summed E-state index contributed by atoms with van der Waals surface area (Å²) < 4.78 is 0. The summed E-state index contributed by atoms with van der Waals surface area (Å²) in [6, 6.07) is 7.32. The van der Waals surface area contributed by atoms with Crippen LogP contribution >= 0.6 is 0 Å². The minimum Gasteiger partial charge on any atom is -0.277 e. The zero-order valence-electron chi connectivity index (χ0n) is 12.6. The number of hydrogen-bond acceptors (Lipinski definition) is 3. The van der Waals surface area contributed by atoms with E-state index in [0.717, 1.165) is 16.0 Å². The zero-order valence-corrected chi connectivity index (χ0v) is 12.6. The van der Waals surface area contributed by atoms with Gasteiger partial charge in [-0.25, -0.2) is 4.79 Å². The van der Waals surface area contributed by atoms with E-state index in [2.05, 4.69) is 5.32 Å². The number of nitrogens with zero attached hydrogens (tertiary/aromatic N) is 1. The maximum Gasteiger partial charge on any atom is 0.330 e. The fourth-order valence-corrected chi connectivity index (χ4v) is 2.54. The van der Waals surface area contributed by atoms with Crippen molar-refractivity contribution in [3.8, 4) is 0 Å². The second-order valence-electron chi connectivity index (χ2n) is 5.75. The molecule has 1 unspecified atom stereocenters. The minimum atomic E-state index is -0.778. The van der Waals surface area contributed by atoms with Crippen LogP contribution in [-0.2, 0) is 16.0 Å². The Morgan fingerprint density at radius 3 is 2.57 bits per heavy atom. The van der Waals surface area contributed by atoms with Gasteiger partial charge >= 0.3 is 6.03 Å². The van der Waals surface area contributed by atoms with Gasteiger partial charge in [-0.3, -0.25) is 19.8 Å². The summed E-state index contributed by atoms with van der Waals surface area (Å²) in [5, 5.41) is 2.27. The predicted octanol–water partition coefficient (Wildman–Crippen LogP) is 1.89. The predicted molar refractivity (Wildman–Crippen MR) is 78.5 cm³/mol. The number of aryl methyl sites for hydroxylation is 1. The van der Waals surface area contributed by atoms with Crippen LogP contribution in [0.3, 0.4) is 0 Å². The molecular formula is C16H20N2O3. The highest BCUT2D eigenvalue weighted by atomic mass is 16.2. The Balaban J connectivity index is 2.09. The first kappa shape index (κ1) is 15.2. The maximum atomic E-state index is 12.3. The molecule has 1 aromatic rings. The van der Waals surface area contributed by atoms with Crippen LogP contribution in [0.5, 0.6) is 0 Å². The van der Waals surface area contributed by atoms with Crippen molar-refractivity contribution in [2.45, 2.75) is 27.2 Å². The first-order valence-corrected chi connectivity index (χ1v) is 7.12. The SMILES string of the molecule is Cc1cccc(CCN2C(=O)NC(=O)C(C(C)C)C2=O)c1. The lowest BCUT2D eigenvalue weighted by molar-refractivity contribution is -0.144. The molecule has 0 saturated carbocycles. The lowest BCUT2D eigenvalue weighted by Gasteiger charge is -2.31. The Labute approximate surface area is 124 Å². The molecule has 5 nitrogen and oxygen atoms in total. The third kappa shape index (κ3) is 3.29. The van der Waals surface area contributed by atoms with Gasteiger partial charge < -0.3 is 0 Å². The number of carbonyl (C=O) groups is 3. The summed E-state index contributed by atoms with van der Waals surface area (Å²) >= 11 is 0. The highest BCUT2D eigenvalue weighted by Crippen LogP contribution is 2.19. The van der Waals surface area contributed by atoms with Gasteiger partial charge in [-0.2, -0.15) is 0 Å². The quantitative estimate of drug-likeness (QED) is 0.860. The maximum absolute atomic E-state index is 12.3. The molecule has 21 heavy (non-hydrogen) atoms. The van der Waals surface area contributed by atoms with Crippen LogP contribution in [0.25, 0.3) is 0 Å². The Bertz CT molecular complexity index is 581. The highest BCUT2D eigenvalue weighted by Gasteiger charge is 2.41. The van der Waals surface area contributed by atoms with Crippen molar-refractivity contribution >= 4 is 17.8 Å². The molecule has 1 saturated heterocycles. The minimum absolute atomic E-state index is 0.132. The first-order valence-electron chi connectivity index (χ1n) is 7.12. The third-order valence-electron chi connectivity index (χ3n) is 3.66. The normalized spacial score (nSPS) is 19.1. The van der Waals surface area contributed by atoms with Gasteiger partial charge in [0.05, 0.1) is 0 Å². The molecule has 5 heteroatoms. The molecule has 2 rings (SSSR count). The number of benzene rings is 1. The molecule has 1 fully saturated rings. The van der Waals surface area contributed by atoms with E-state index in [9.17, 15) is 14.4 Å². The molecule has 0 bridgehead atoms. The molecular weight excluding hydrogens is 268 g/mol. The van der Waals surface area contributed by atoms with E-state index in [1.807, 2.05) is 31.2 Å². The molecule has 4 amide bonds. The Hall–Kier alpha value is -2.17. The molecule has 1 aliphatic rings. The van der Waals surface area contributed by atoms with Crippen LogP contribution in [0, 0.1) is 18.8 Å². The third-order valence-corrected chi connectivity index (χ3v) is 3.66. The molecule has 0 radical (unpaired) electrons. The van der Waals surface area contributed by atoms with Gasteiger partial charge in [0.1, 0.15) is 5.92 Å². The Kier molecular flexibility index (Phi) is 4.40. The summed E-state index contributed by atoms with van der Waals surface area (Å²) in [4.78, 5) is 37.1. The molecule has 1 N–H and O–H groups in total. The fraction of sp³-hybridized carbons (Fsp3) is 0.438. The van der Waals surface area contributed by atoms with Gasteiger partial charge in [-0.15, -0.1) is 0 Å². The number of imide groups is 2. The second kappa shape index (κ2) is 6.08. The molecule has 0 aliphatic carbocycles. The molecule has 1 aliphatic heterocycles. The van der Waals surface area contributed by atoms with Gasteiger partial charge in [0.25, 0.3) is 0 Å². The zero-order chi connectivity index (χ0) is 15.6. The number of carbonyl (C=O) groups excluding carboxylic acids is 3. The molecule has 112 valence electrons. The van der Waals surface area contributed by atoms with Crippen molar-refractivity contribution in [1.82, 2.24) is 10.2 Å². The van der Waals surface area contributed by atoms with E-state index < -0.39 is 23.8 Å². The van der Waals surface area contributed by atoms with E-state index in [1.54, 1.807) is 13.8 Å². The summed E-state index contributed by atoms with van der Waals surface area (Å²) in [6.45, 7) is 5.88. The summed E-state index contributed by atoms with van der Waals surface area (Å²) in [5.41, 5.74) is 2.20. The number of hydrogen-bond donors (Lipinski definition) is 1. The lowest BCUT2D eigenvalue weighted by Crippen LogP contribution is -2.59. The highest BCUT2D eigenvalue weighted by molar-refractivity contribution is 6.16. The average molecular weight is 288 g/mol. The fourth-order valence-electron chi connectivity index (χ4n) is 2.54. The number of rotatable bonds is 4. The van der Waals surface area contributed by atoms with Crippen LogP contribution in [0.2, 0.25) is 0 Å². The van der Waals surface area contributed by atoms with E-state index in [0.29, 0.717) is 6.42 Å². The van der Waals surface area contributed by atoms with Gasteiger partial charge in [-0.1, -0.05) is 43.7 Å². The molecule has 0 aromatic heterocycles. The van der Waals surface area contributed by atoms with E-state index in [4.69, 9.17) is 0 Å². The Morgan fingerprint density at radius 1 is 1.24 bits per heavy atom. The van der Waals surface area contributed by atoms with Crippen LogP contribution in [-0.4, -0.2) is 29.3 Å². The lowest BCUT2D eigenvalue weighted by atomic mass is 9.92. The number of amides is 4. The van der Waals surface area contributed by atoms with Gasteiger partial charge in [0.15, 0.2) is 0 Å². The smallest absolute Gasteiger partial charge is 0.277 e. The van der Waals surface area contributed by atoms with Crippen molar-refractivity contribution in [3.05, 3.63) is 35.4 Å². The van der Waals surface area contributed by atoms with Gasteiger partial charge in [0.2, 0.25) is 11.8 Å². The topological polar surface area (TPSA) is 66.5 Å². The Morgan fingerprint density at radius 2 is 1.95 bits per heavy atom. The van der Waals surface area contributed by atoms with Crippen LogP contribution in [0.1, 0.15) is 25.0 Å². The van der Waals surface area contributed by atoms with E-state index >= 15 is 0 Å². The standard InChI is InChI=1S/C16H20N2O3/c1-10(2)13-14(19)17-16(21)18(15(13)20)8-7-12-6-4-5-11(3)9-12/h4-6,9-10,13H,7-8H2,1-3H3,(H,17,19,21). The molecule has 1 atom stereocenters. The average Bonchev–Trinajstić information content (AvgIpc) is 2.37. The number of nitrogens with one attached hydrogen (secondary N) is 1. The van der Waals surface area contributed by atoms with Crippen LogP contribution in [0.4, 0.5) is 4.79 Å².